The Bertz CT molecular complexity index is 848. The van der Waals surface area contributed by atoms with Crippen LogP contribution in [-0.2, 0) is 23.7 Å². The molecule has 0 bridgehead atoms. The van der Waals surface area contributed by atoms with Gasteiger partial charge in [0.1, 0.15) is 30.5 Å². The van der Waals surface area contributed by atoms with Gasteiger partial charge in [-0.25, -0.2) is 0 Å². The Labute approximate surface area is 317 Å². The molecule has 0 spiro atoms. The molecule has 1 fully saturated rings. The maximum atomic E-state index is 12.7. The first kappa shape index (κ1) is 48.7. The third-order valence-corrected chi connectivity index (χ3v) is 9.82. The Morgan fingerprint density at radius 2 is 1.10 bits per heavy atom. The molecule has 0 radical (unpaired) electrons. The van der Waals surface area contributed by atoms with Crippen molar-refractivity contribution in [2.24, 2.45) is 0 Å². The van der Waals surface area contributed by atoms with Gasteiger partial charge in [-0.05, 0) is 57.8 Å². The quantitative estimate of drug-likeness (QED) is 0.0282. The van der Waals surface area contributed by atoms with Crippen molar-refractivity contribution in [1.82, 2.24) is 0 Å². The summed E-state index contributed by atoms with van der Waals surface area (Å²) in [6, 6.07) is 0. The van der Waals surface area contributed by atoms with Crippen LogP contribution in [0.4, 0.5) is 0 Å². The van der Waals surface area contributed by atoms with Crippen LogP contribution in [0, 0.1) is 0 Å². The third-order valence-electron chi connectivity index (χ3n) is 9.82. The summed E-state index contributed by atoms with van der Waals surface area (Å²) < 4.78 is 22.7. The lowest BCUT2D eigenvalue weighted by molar-refractivity contribution is -0.305. The van der Waals surface area contributed by atoms with Crippen LogP contribution in [-0.4, -0.2) is 89.6 Å². The van der Waals surface area contributed by atoms with E-state index in [1.807, 2.05) is 0 Å². The summed E-state index contributed by atoms with van der Waals surface area (Å²) in [7, 11) is 0. The molecular formula is C43H80O9. The Hall–Kier alpha value is -1.33. The SMILES string of the molecule is CCC/C=C\CCCCCCCCOCC(COC1OC(CO)C(O)C(O)C1O)OC(=O)CCCCCCCCC/C=C\CCCCCCCCC. The van der Waals surface area contributed by atoms with Gasteiger partial charge in [0, 0.05) is 13.0 Å². The van der Waals surface area contributed by atoms with E-state index in [0.717, 1.165) is 51.4 Å². The van der Waals surface area contributed by atoms with Crippen molar-refractivity contribution in [1.29, 1.82) is 0 Å². The summed E-state index contributed by atoms with van der Waals surface area (Å²) in [5.74, 6) is -0.321. The van der Waals surface area contributed by atoms with E-state index in [0.29, 0.717) is 13.0 Å². The van der Waals surface area contributed by atoms with Crippen LogP contribution in [0.5, 0.6) is 0 Å². The number of hydrogen-bond acceptors (Lipinski definition) is 9. The Balaban J connectivity index is 2.27. The maximum Gasteiger partial charge on any atom is 0.306 e. The second kappa shape index (κ2) is 35.4. The molecule has 306 valence electrons. The van der Waals surface area contributed by atoms with Crippen LogP contribution in [0.1, 0.15) is 181 Å². The molecule has 1 saturated heterocycles. The molecule has 9 nitrogen and oxygen atoms in total. The number of esters is 1. The molecule has 0 amide bonds. The van der Waals surface area contributed by atoms with Gasteiger partial charge in [0.2, 0.25) is 0 Å². The van der Waals surface area contributed by atoms with E-state index in [2.05, 4.69) is 38.2 Å². The molecule has 4 N–H and O–H groups in total. The van der Waals surface area contributed by atoms with Crippen molar-refractivity contribution in [3.8, 4) is 0 Å². The zero-order chi connectivity index (χ0) is 37.9. The number of allylic oxidation sites excluding steroid dienone is 4. The molecule has 0 aliphatic carbocycles. The summed E-state index contributed by atoms with van der Waals surface area (Å²) in [4.78, 5) is 12.7. The van der Waals surface area contributed by atoms with Crippen molar-refractivity contribution >= 4 is 5.97 Å². The van der Waals surface area contributed by atoms with Gasteiger partial charge in [-0.3, -0.25) is 4.79 Å². The molecule has 9 heteroatoms. The molecule has 1 rings (SSSR count). The fourth-order valence-electron chi connectivity index (χ4n) is 6.43. The Morgan fingerprint density at radius 1 is 0.596 bits per heavy atom. The summed E-state index contributed by atoms with van der Waals surface area (Å²) >= 11 is 0. The number of ether oxygens (including phenoxy) is 4. The minimum atomic E-state index is -1.54. The molecule has 1 heterocycles. The molecule has 6 atom stereocenters. The predicted molar refractivity (Wildman–Crippen MR) is 210 cm³/mol. The van der Waals surface area contributed by atoms with E-state index >= 15 is 0 Å². The average molecular weight is 741 g/mol. The topological polar surface area (TPSA) is 135 Å². The van der Waals surface area contributed by atoms with Gasteiger partial charge >= 0.3 is 5.97 Å². The van der Waals surface area contributed by atoms with Gasteiger partial charge in [-0.2, -0.15) is 0 Å². The normalized spacial score (nSPS) is 21.4. The second-order valence-electron chi connectivity index (χ2n) is 14.8. The number of rotatable bonds is 36. The van der Waals surface area contributed by atoms with Crippen molar-refractivity contribution in [3.05, 3.63) is 24.3 Å². The minimum Gasteiger partial charge on any atom is -0.457 e. The van der Waals surface area contributed by atoms with E-state index in [4.69, 9.17) is 18.9 Å². The van der Waals surface area contributed by atoms with E-state index in [-0.39, 0.29) is 19.2 Å². The van der Waals surface area contributed by atoms with Crippen molar-refractivity contribution < 1.29 is 44.2 Å². The van der Waals surface area contributed by atoms with Crippen LogP contribution in [0.15, 0.2) is 24.3 Å². The number of aliphatic hydroxyl groups is 4. The third kappa shape index (κ3) is 26.4. The molecule has 0 aromatic rings. The highest BCUT2D eigenvalue weighted by molar-refractivity contribution is 5.69. The highest BCUT2D eigenvalue weighted by Crippen LogP contribution is 2.22. The lowest BCUT2D eigenvalue weighted by atomic mass is 9.99. The molecule has 1 aliphatic heterocycles. The van der Waals surface area contributed by atoms with E-state index in [9.17, 15) is 25.2 Å². The van der Waals surface area contributed by atoms with Crippen molar-refractivity contribution in [2.75, 3.05) is 26.4 Å². The smallest absolute Gasteiger partial charge is 0.306 e. The molecule has 52 heavy (non-hydrogen) atoms. The van der Waals surface area contributed by atoms with Gasteiger partial charge in [-0.1, -0.05) is 141 Å². The van der Waals surface area contributed by atoms with Gasteiger partial charge < -0.3 is 39.4 Å². The summed E-state index contributed by atoms with van der Waals surface area (Å²) in [5.41, 5.74) is 0. The first-order valence-electron chi connectivity index (χ1n) is 21.4. The highest BCUT2D eigenvalue weighted by atomic mass is 16.7. The number of hydrogen-bond donors (Lipinski definition) is 4. The fraction of sp³-hybridized carbons (Fsp3) is 0.884. The average Bonchev–Trinajstić information content (AvgIpc) is 3.14. The first-order valence-corrected chi connectivity index (χ1v) is 21.4. The van der Waals surface area contributed by atoms with E-state index < -0.39 is 43.4 Å². The predicted octanol–water partition coefficient (Wildman–Crippen LogP) is 9.03. The lowest BCUT2D eigenvalue weighted by Gasteiger charge is -2.39. The van der Waals surface area contributed by atoms with Crippen LogP contribution in [0.25, 0.3) is 0 Å². The monoisotopic (exact) mass is 741 g/mol. The van der Waals surface area contributed by atoms with Crippen molar-refractivity contribution in [3.63, 3.8) is 0 Å². The summed E-state index contributed by atoms with van der Waals surface area (Å²) in [6.45, 7) is 4.49. The molecule has 6 unspecified atom stereocenters. The molecule has 0 aromatic carbocycles. The zero-order valence-corrected chi connectivity index (χ0v) is 33.3. The fourth-order valence-corrected chi connectivity index (χ4v) is 6.43. The largest absolute Gasteiger partial charge is 0.457 e. The van der Waals surface area contributed by atoms with E-state index in [1.165, 1.54) is 109 Å². The number of unbranched alkanes of at least 4 members (excludes halogenated alkanes) is 21. The minimum absolute atomic E-state index is 0.116. The number of aliphatic hydroxyl groups excluding tert-OH is 4. The standard InChI is InChI=1S/C43H80O9/c1-3-5-7-9-11-13-15-16-17-18-19-20-21-22-24-26-28-30-32-39(45)51-37(36-50-43-42(48)41(47)40(46)38(34-44)52-43)35-49-33-31-29-27-25-23-14-12-10-8-6-4-2/h8,10,17-18,37-38,40-44,46-48H,3-7,9,11-16,19-36H2,1-2H3/b10-8-,18-17-. The van der Waals surface area contributed by atoms with E-state index in [1.54, 1.807) is 0 Å². The van der Waals surface area contributed by atoms with Crippen molar-refractivity contribution in [2.45, 2.75) is 218 Å². The van der Waals surface area contributed by atoms with Crippen LogP contribution < -0.4 is 0 Å². The highest BCUT2D eigenvalue weighted by Gasteiger charge is 2.44. The van der Waals surface area contributed by atoms with Gasteiger partial charge in [-0.15, -0.1) is 0 Å². The van der Waals surface area contributed by atoms with Gasteiger partial charge in [0.25, 0.3) is 0 Å². The number of carbonyl (C=O) groups is 1. The van der Waals surface area contributed by atoms with Gasteiger partial charge in [0.15, 0.2) is 6.29 Å². The zero-order valence-electron chi connectivity index (χ0n) is 33.3. The van der Waals surface area contributed by atoms with Crippen LogP contribution in [0.3, 0.4) is 0 Å². The molecule has 1 aliphatic rings. The lowest BCUT2D eigenvalue weighted by Crippen LogP contribution is -2.59. The summed E-state index contributed by atoms with van der Waals surface area (Å²) in [5, 5.41) is 40.0. The number of carbonyl (C=O) groups excluding carboxylic acids is 1. The van der Waals surface area contributed by atoms with Gasteiger partial charge in [0.05, 0.1) is 19.8 Å². The van der Waals surface area contributed by atoms with Crippen LogP contribution >= 0.6 is 0 Å². The molecule has 0 saturated carbocycles. The Morgan fingerprint density at radius 3 is 1.63 bits per heavy atom. The van der Waals surface area contributed by atoms with Crippen LogP contribution in [0.2, 0.25) is 0 Å². The maximum absolute atomic E-state index is 12.7. The summed E-state index contributed by atoms with van der Waals surface area (Å²) in [6.07, 6.45) is 32.0. The molecular weight excluding hydrogens is 660 g/mol. The molecule has 0 aromatic heterocycles. The second-order valence-corrected chi connectivity index (χ2v) is 14.8. The first-order chi connectivity index (χ1) is 25.4. The Kier molecular flexibility index (Phi) is 33.1.